The summed E-state index contributed by atoms with van der Waals surface area (Å²) < 4.78 is 12.4. The third kappa shape index (κ3) is 3.26. The van der Waals surface area contributed by atoms with Gasteiger partial charge in [-0.2, -0.15) is 0 Å². The van der Waals surface area contributed by atoms with Crippen molar-refractivity contribution in [3.05, 3.63) is 41.0 Å². The molecule has 24 heavy (non-hydrogen) atoms. The number of aryl methyl sites for hydroxylation is 1. The maximum Gasteiger partial charge on any atom is 0.345 e. The van der Waals surface area contributed by atoms with E-state index in [1.54, 1.807) is 0 Å². The van der Waals surface area contributed by atoms with Crippen LogP contribution in [0.2, 0.25) is 11.6 Å². The van der Waals surface area contributed by atoms with Crippen LogP contribution in [0, 0.1) is 12.8 Å². The lowest BCUT2D eigenvalue weighted by Crippen LogP contribution is -2.52. The van der Waals surface area contributed by atoms with E-state index in [4.69, 9.17) is 8.85 Å². The summed E-state index contributed by atoms with van der Waals surface area (Å²) in [6.07, 6.45) is 7.02. The molecule has 0 radical (unpaired) electrons. The minimum atomic E-state index is -2.36. The second-order valence-electron chi connectivity index (χ2n) is 7.70. The van der Waals surface area contributed by atoms with Gasteiger partial charge in [-0.05, 0) is 41.0 Å². The van der Waals surface area contributed by atoms with E-state index in [0.29, 0.717) is 11.5 Å². The highest BCUT2D eigenvalue weighted by Gasteiger charge is 2.53. The van der Waals surface area contributed by atoms with E-state index in [1.165, 1.54) is 29.5 Å². The van der Waals surface area contributed by atoms with E-state index in [2.05, 4.69) is 65.0 Å². The number of fused-ring (bicyclic) bond motifs is 1. The molecule has 3 heteroatoms. The first-order valence-electron chi connectivity index (χ1n) is 9.24. The van der Waals surface area contributed by atoms with Gasteiger partial charge in [-0.1, -0.05) is 70.9 Å². The Hall–Kier alpha value is -0.903. The van der Waals surface area contributed by atoms with Crippen LogP contribution in [0.15, 0.2) is 24.3 Å². The van der Waals surface area contributed by atoms with Gasteiger partial charge in [0.05, 0.1) is 0 Å². The van der Waals surface area contributed by atoms with Crippen LogP contribution >= 0.6 is 0 Å². The van der Waals surface area contributed by atoms with Crippen LogP contribution in [0.5, 0.6) is 0 Å². The molecule has 0 saturated carbocycles. The topological polar surface area (TPSA) is 18.5 Å². The summed E-state index contributed by atoms with van der Waals surface area (Å²) in [6.45, 7) is 11.5. The molecule has 0 fully saturated rings. The first kappa shape index (κ1) is 19.4. The van der Waals surface area contributed by atoms with Crippen molar-refractivity contribution >= 4 is 14.6 Å². The maximum absolute atomic E-state index is 6.22. The maximum atomic E-state index is 6.22. The van der Waals surface area contributed by atoms with Crippen LogP contribution in [0.3, 0.4) is 0 Å². The lowest BCUT2D eigenvalue weighted by atomic mass is 9.73. The van der Waals surface area contributed by atoms with Gasteiger partial charge in [0.15, 0.2) is 0 Å². The number of allylic oxidation sites excluding steroid dienone is 1. The molecular formula is C21H34O2Si. The molecule has 0 bridgehead atoms. The van der Waals surface area contributed by atoms with E-state index >= 15 is 0 Å². The van der Waals surface area contributed by atoms with Crippen molar-refractivity contribution in [1.82, 2.24) is 0 Å². The lowest BCUT2D eigenvalue weighted by Gasteiger charge is -2.46. The number of hydrogen-bond acceptors (Lipinski definition) is 2. The van der Waals surface area contributed by atoms with Crippen LogP contribution in [0.4, 0.5) is 0 Å². The molecular weight excluding hydrogens is 312 g/mol. The molecule has 1 aromatic rings. The SMILES string of the molecule is CCC(CC)C[Si](OC)(OC)C1C=Cc2cccc(C)c2C1(C)C. The summed E-state index contributed by atoms with van der Waals surface area (Å²) in [6, 6.07) is 7.66. The Morgan fingerprint density at radius 2 is 1.75 bits per heavy atom. The van der Waals surface area contributed by atoms with Crippen LogP contribution in [-0.2, 0) is 14.3 Å². The lowest BCUT2D eigenvalue weighted by molar-refractivity contribution is 0.210. The molecule has 0 spiro atoms. The van der Waals surface area contributed by atoms with E-state index in [0.717, 1.165) is 6.04 Å². The summed E-state index contributed by atoms with van der Waals surface area (Å²) in [7, 11) is 1.35. The Labute approximate surface area is 149 Å². The third-order valence-corrected chi connectivity index (χ3v) is 10.5. The number of benzene rings is 1. The van der Waals surface area contributed by atoms with Crippen molar-refractivity contribution in [1.29, 1.82) is 0 Å². The van der Waals surface area contributed by atoms with Crippen molar-refractivity contribution in [2.45, 2.75) is 64.5 Å². The van der Waals surface area contributed by atoms with Gasteiger partial charge in [-0.25, -0.2) is 0 Å². The number of rotatable bonds is 7. The fraction of sp³-hybridized carbons (Fsp3) is 0.619. The van der Waals surface area contributed by atoms with Crippen molar-refractivity contribution < 1.29 is 8.85 Å². The molecule has 1 aliphatic rings. The molecule has 0 saturated heterocycles. The van der Waals surface area contributed by atoms with Gasteiger partial charge in [-0.15, -0.1) is 0 Å². The Balaban J connectivity index is 2.51. The summed E-state index contributed by atoms with van der Waals surface area (Å²) in [4.78, 5) is 0. The smallest absolute Gasteiger partial charge is 0.345 e. The van der Waals surface area contributed by atoms with Crippen LogP contribution in [0.1, 0.15) is 57.2 Å². The zero-order valence-electron chi connectivity index (χ0n) is 16.5. The van der Waals surface area contributed by atoms with Crippen LogP contribution in [0.25, 0.3) is 6.08 Å². The fourth-order valence-electron chi connectivity index (χ4n) is 4.61. The molecule has 1 aliphatic carbocycles. The van der Waals surface area contributed by atoms with Crippen molar-refractivity contribution in [2.75, 3.05) is 14.2 Å². The average Bonchev–Trinajstić information content (AvgIpc) is 2.57. The Kier molecular flexibility index (Phi) is 6.11. The molecule has 2 rings (SSSR count). The molecule has 0 N–H and O–H groups in total. The summed E-state index contributed by atoms with van der Waals surface area (Å²) in [5, 5.41) is 0. The predicted molar refractivity (Wildman–Crippen MR) is 106 cm³/mol. The van der Waals surface area contributed by atoms with E-state index in [1.807, 2.05) is 14.2 Å². The highest BCUT2D eigenvalue weighted by molar-refractivity contribution is 6.70. The standard InChI is InChI=1S/C21H34O2Si/c1-8-17(9-2)15-24(22-6,23-7)19-14-13-18-12-10-11-16(3)20(18)21(19,4)5/h10-14,17,19H,8-9,15H2,1-7H3. The second-order valence-corrected chi connectivity index (χ2v) is 11.2. The average molecular weight is 347 g/mol. The van der Waals surface area contributed by atoms with Gasteiger partial charge in [0, 0.05) is 19.8 Å². The van der Waals surface area contributed by atoms with Gasteiger partial charge in [-0.3, -0.25) is 0 Å². The fourth-order valence-corrected chi connectivity index (χ4v) is 8.89. The molecule has 0 heterocycles. The summed E-state index contributed by atoms with van der Waals surface area (Å²) in [5.41, 5.74) is 4.49. The highest BCUT2D eigenvalue weighted by atomic mass is 28.4. The monoisotopic (exact) mass is 346 g/mol. The van der Waals surface area contributed by atoms with Gasteiger partial charge in [0.2, 0.25) is 0 Å². The summed E-state index contributed by atoms with van der Waals surface area (Å²) in [5.74, 6) is 0.666. The quantitative estimate of drug-likeness (QED) is 0.577. The minimum Gasteiger partial charge on any atom is -0.397 e. The third-order valence-electron chi connectivity index (χ3n) is 6.09. The largest absolute Gasteiger partial charge is 0.397 e. The van der Waals surface area contributed by atoms with Gasteiger partial charge in [0.25, 0.3) is 0 Å². The highest BCUT2D eigenvalue weighted by Crippen LogP contribution is 2.51. The van der Waals surface area contributed by atoms with Gasteiger partial charge < -0.3 is 8.85 Å². The van der Waals surface area contributed by atoms with Crippen LogP contribution in [-0.4, -0.2) is 22.8 Å². The minimum absolute atomic E-state index is 0.0136. The Morgan fingerprint density at radius 3 is 2.29 bits per heavy atom. The molecule has 134 valence electrons. The van der Waals surface area contributed by atoms with Crippen molar-refractivity contribution in [2.24, 2.45) is 5.92 Å². The molecule has 1 unspecified atom stereocenters. The second kappa shape index (κ2) is 7.55. The van der Waals surface area contributed by atoms with Crippen molar-refractivity contribution in [3.8, 4) is 0 Å². The van der Waals surface area contributed by atoms with E-state index in [-0.39, 0.29) is 5.41 Å². The molecule has 0 aromatic heterocycles. The molecule has 1 atom stereocenters. The summed E-state index contributed by atoms with van der Waals surface area (Å²) >= 11 is 0. The molecule has 0 aliphatic heterocycles. The van der Waals surface area contributed by atoms with Crippen LogP contribution < -0.4 is 0 Å². The first-order valence-corrected chi connectivity index (χ1v) is 11.3. The zero-order valence-corrected chi connectivity index (χ0v) is 17.5. The van der Waals surface area contributed by atoms with E-state index in [9.17, 15) is 0 Å². The Morgan fingerprint density at radius 1 is 1.12 bits per heavy atom. The van der Waals surface area contributed by atoms with Gasteiger partial charge in [0.1, 0.15) is 0 Å². The molecule has 1 aromatic carbocycles. The molecule has 2 nitrogen and oxygen atoms in total. The van der Waals surface area contributed by atoms with Gasteiger partial charge >= 0.3 is 8.56 Å². The normalized spacial score (nSPS) is 19.6. The molecule has 0 amide bonds. The first-order chi connectivity index (χ1) is 11.4. The Bertz CT molecular complexity index is 584. The number of hydrogen-bond donors (Lipinski definition) is 0. The van der Waals surface area contributed by atoms with E-state index < -0.39 is 8.56 Å². The van der Waals surface area contributed by atoms with Crippen molar-refractivity contribution in [3.63, 3.8) is 0 Å². The zero-order chi connectivity index (χ0) is 18.0. The predicted octanol–water partition coefficient (Wildman–Crippen LogP) is 5.84.